The molecule has 0 saturated carbocycles. The van der Waals surface area contributed by atoms with Gasteiger partial charge in [-0.15, -0.1) is 0 Å². The highest BCUT2D eigenvalue weighted by atomic mass is 16.5. The topological polar surface area (TPSA) is 76.1 Å². The Hall–Kier alpha value is -2.86. The Kier molecular flexibility index (Phi) is 6.54. The van der Waals surface area contributed by atoms with Crippen molar-refractivity contribution in [1.29, 1.82) is 0 Å². The summed E-state index contributed by atoms with van der Waals surface area (Å²) in [5, 5.41) is 8.99. The first-order chi connectivity index (χ1) is 12.0. The maximum Gasteiger partial charge on any atom is 0.338 e. The number of carbonyl (C=O) groups excluding carboxylic acids is 2. The lowest BCUT2D eigenvalue weighted by atomic mass is 10.1. The van der Waals surface area contributed by atoms with Crippen molar-refractivity contribution < 1.29 is 24.2 Å². The summed E-state index contributed by atoms with van der Waals surface area (Å²) in [4.78, 5) is 25.6. The molecule has 2 aromatic carbocycles. The smallest absolute Gasteiger partial charge is 0.338 e. The lowest BCUT2D eigenvalue weighted by molar-refractivity contribution is -0.133. The van der Waals surface area contributed by atoms with Crippen LogP contribution in [0.15, 0.2) is 48.5 Å². The van der Waals surface area contributed by atoms with Gasteiger partial charge in [-0.25, -0.2) is 4.79 Å². The summed E-state index contributed by atoms with van der Waals surface area (Å²) < 4.78 is 10.3. The molecule has 2 aromatic rings. The van der Waals surface area contributed by atoms with Gasteiger partial charge >= 0.3 is 5.97 Å². The highest BCUT2D eigenvalue weighted by Gasteiger charge is 2.15. The minimum absolute atomic E-state index is 0.0957. The molecule has 0 heterocycles. The Morgan fingerprint density at radius 3 is 2.40 bits per heavy atom. The van der Waals surface area contributed by atoms with Crippen LogP contribution in [-0.4, -0.2) is 42.6 Å². The molecule has 1 N–H and O–H groups in total. The van der Waals surface area contributed by atoms with Gasteiger partial charge in [-0.1, -0.05) is 30.3 Å². The van der Waals surface area contributed by atoms with Gasteiger partial charge in [0.2, 0.25) is 0 Å². The Morgan fingerprint density at radius 1 is 1.08 bits per heavy atom. The molecule has 0 unspecified atom stereocenters. The second-order valence-corrected chi connectivity index (χ2v) is 5.49. The molecule has 1 amide bonds. The van der Waals surface area contributed by atoms with Gasteiger partial charge < -0.3 is 19.5 Å². The van der Waals surface area contributed by atoms with E-state index in [0.717, 1.165) is 5.56 Å². The Morgan fingerprint density at radius 2 is 1.76 bits per heavy atom. The normalized spacial score (nSPS) is 10.2. The summed E-state index contributed by atoms with van der Waals surface area (Å²) in [5.41, 5.74) is 1.90. The molecule has 0 fully saturated rings. The number of hydrogen-bond acceptors (Lipinski definition) is 5. The third kappa shape index (κ3) is 5.06. The maximum atomic E-state index is 12.2. The van der Waals surface area contributed by atoms with Crippen LogP contribution in [0.4, 0.5) is 0 Å². The third-order valence-electron chi connectivity index (χ3n) is 3.72. The number of aliphatic hydroxyl groups excluding tert-OH is 1. The maximum absolute atomic E-state index is 12.2. The van der Waals surface area contributed by atoms with Crippen molar-refractivity contribution in [2.45, 2.75) is 13.2 Å². The van der Waals surface area contributed by atoms with Crippen LogP contribution in [0.25, 0.3) is 0 Å². The fourth-order valence-electron chi connectivity index (χ4n) is 2.24. The summed E-state index contributed by atoms with van der Waals surface area (Å²) in [6, 6.07) is 13.8. The van der Waals surface area contributed by atoms with E-state index < -0.39 is 5.97 Å². The first-order valence-electron chi connectivity index (χ1n) is 7.78. The minimum atomic E-state index is -0.580. The molecule has 0 aliphatic carbocycles. The largest absolute Gasteiger partial charge is 0.496 e. The summed E-state index contributed by atoms with van der Waals surface area (Å²) >= 11 is 0. The van der Waals surface area contributed by atoms with Crippen LogP contribution in [0.3, 0.4) is 0 Å². The molecule has 6 nitrogen and oxygen atoms in total. The number of likely N-dealkylation sites (N-methyl/N-ethyl adjacent to an activating group) is 1. The van der Waals surface area contributed by atoms with Crippen LogP contribution in [0.2, 0.25) is 0 Å². The molecule has 0 radical (unpaired) electrons. The Balaban J connectivity index is 1.89. The van der Waals surface area contributed by atoms with Crippen molar-refractivity contribution >= 4 is 11.9 Å². The molecular formula is C19H21NO5. The zero-order chi connectivity index (χ0) is 18.2. The molecular weight excluding hydrogens is 322 g/mol. The molecule has 6 heteroatoms. The van der Waals surface area contributed by atoms with Crippen LogP contribution < -0.4 is 4.74 Å². The highest BCUT2D eigenvalue weighted by molar-refractivity contribution is 5.91. The summed E-state index contributed by atoms with van der Waals surface area (Å²) in [5.74, 6) is -0.196. The fourth-order valence-corrected chi connectivity index (χ4v) is 2.24. The van der Waals surface area contributed by atoms with E-state index in [0.29, 0.717) is 23.4 Å². The van der Waals surface area contributed by atoms with E-state index in [1.807, 2.05) is 24.3 Å². The van der Waals surface area contributed by atoms with Crippen molar-refractivity contribution in [2.24, 2.45) is 0 Å². The number of carbonyl (C=O) groups is 2. The average molecular weight is 343 g/mol. The first kappa shape index (κ1) is 18.5. The monoisotopic (exact) mass is 343 g/mol. The van der Waals surface area contributed by atoms with Crippen LogP contribution >= 0.6 is 0 Å². The number of aliphatic hydroxyl groups is 1. The van der Waals surface area contributed by atoms with Gasteiger partial charge in [0.05, 0.1) is 19.3 Å². The number of benzene rings is 2. The number of esters is 1. The second kappa shape index (κ2) is 8.84. The number of methoxy groups -OCH3 is 1. The SMILES string of the molecule is COc1ccccc1CN(C)C(=O)COC(=O)c1ccc(CO)cc1. The van der Waals surface area contributed by atoms with Crippen molar-refractivity contribution in [3.63, 3.8) is 0 Å². The summed E-state index contributed by atoms with van der Waals surface area (Å²) in [6.45, 7) is -0.0839. The van der Waals surface area contributed by atoms with Crippen LogP contribution in [0.5, 0.6) is 5.75 Å². The highest BCUT2D eigenvalue weighted by Crippen LogP contribution is 2.18. The molecule has 0 bridgehead atoms. The number of hydrogen-bond donors (Lipinski definition) is 1. The predicted octanol–water partition coefficient (Wildman–Crippen LogP) is 2.00. The number of nitrogens with zero attached hydrogens (tertiary/aromatic N) is 1. The summed E-state index contributed by atoms with van der Waals surface area (Å²) in [6.07, 6.45) is 0. The average Bonchev–Trinajstić information content (AvgIpc) is 2.66. The van der Waals surface area contributed by atoms with Crippen molar-refractivity contribution in [3.8, 4) is 5.75 Å². The van der Waals surface area contributed by atoms with Crippen molar-refractivity contribution in [1.82, 2.24) is 4.90 Å². The number of amides is 1. The second-order valence-electron chi connectivity index (χ2n) is 5.49. The van der Waals surface area contributed by atoms with E-state index in [-0.39, 0.29) is 19.1 Å². The van der Waals surface area contributed by atoms with E-state index in [4.69, 9.17) is 14.6 Å². The van der Waals surface area contributed by atoms with Gasteiger partial charge in [0.1, 0.15) is 5.75 Å². The molecule has 132 valence electrons. The molecule has 0 spiro atoms. The molecule has 25 heavy (non-hydrogen) atoms. The molecule has 0 saturated heterocycles. The number of ether oxygens (including phenoxy) is 2. The Bertz CT molecular complexity index is 727. The third-order valence-corrected chi connectivity index (χ3v) is 3.72. The van der Waals surface area contributed by atoms with E-state index >= 15 is 0 Å². The molecule has 0 aromatic heterocycles. The van der Waals surface area contributed by atoms with Gasteiger partial charge in [-0.2, -0.15) is 0 Å². The molecule has 0 aliphatic rings. The molecule has 2 rings (SSSR count). The van der Waals surface area contributed by atoms with Crippen LogP contribution in [0.1, 0.15) is 21.5 Å². The van der Waals surface area contributed by atoms with Gasteiger partial charge in [0.25, 0.3) is 5.91 Å². The molecule has 0 atom stereocenters. The lowest BCUT2D eigenvalue weighted by Crippen LogP contribution is -2.31. The van der Waals surface area contributed by atoms with Crippen molar-refractivity contribution in [3.05, 3.63) is 65.2 Å². The van der Waals surface area contributed by atoms with Crippen molar-refractivity contribution in [2.75, 3.05) is 20.8 Å². The zero-order valence-corrected chi connectivity index (χ0v) is 14.3. The van der Waals surface area contributed by atoms with Gasteiger partial charge in [0, 0.05) is 19.2 Å². The first-order valence-corrected chi connectivity index (χ1v) is 7.78. The lowest BCUT2D eigenvalue weighted by Gasteiger charge is -2.18. The molecule has 0 aliphatic heterocycles. The van der Waals surface area contributed by atoms with Gasteiger partial charge in [0.15, 0.2) is 6.61 Å². The van der Waals surface area contributed by atoms with Gasteiger partial charge in [-0.05, 0) is 23.8 Å². The predicted molar refractivity (Wildman–Crippen MR) is 92.1 cm³/mol. The minimum Gasteiger partial charge on any atom is -0.496 e. The summed E-state index contributed by atoms with van der Waals surface area (Å²) in [7, 11) is 3.21. The van der Waals surface area contributed by atoms with Crippen LogP contribution in [0, 0.1) is 0 Å². The standard InChI is InChI=1S/C19H21NO5/c1-20(11-16-5-3-4-6-17(16)24-2)18(22)13-25-19(23)15-9-7-14(12-21)8-10-15/h3-10,21H,11-13H2,1-2H3. The van der Waals surface area contributed by atoms with Crippen LogP contribution in [-0.2, 0) is 22.7 Å². The van der Waals surface area contributed by atoms with E-state index in [9.17, 15) is 9.59 Å². The number of para-hydroxylation sites is 1. The number of rotatable bonds is 7. The Labute approximate surface area is 146 Å². The zero-order valence-electron chi connectivity index (χ0n) is 14.3. The van der Waals surface area contributed by atoms with E-state index in [2.05, 4.69) is 0 Å². The van der Waals surface area contributed by atoms with E-state index in [1.165, 1.54) is 4.90 Å². The van der Waals surface area contributed by atoms with E-state index in [1.54, 1.807) is 38.4 Å². The quantitative estimate of drug-likeness (QED) is 0.778. The fraction of sp³-hybridized carbons (Fsp3) is 0.263. The van der Waals surface area contributed by atoms with Gasteiger partial charge in [-0.3, -0.25) is 4.79 Å².